The van der Waals surface area contributed by atoms with Crippen LogP contribution >= 0.6 is 11.8 Å². The van der Waals surface area contributed by atoms with E-state index in [1.807, 2.05) is 61.5 Å². The van der Waals surface area contributed by atoms with Crippen LogP contribution in [0.5, 0.6) is 5.75 Å². The van der Waals surface area contributed by atoms with Crippen LogP contribution in [0.3, 0.4) is 0 Å². The van der Waals surface area contributed by atoms with Crippen molar-refractivity contribution in [3.8, 4) is 11.4 Å². The molecule has 0 atom stereocenters. The van der Waals surface area contributed by atoms with Crippen LogP contribution in [0.15, 0.2) is 59.8 Å². The number of aromatic nitrogens is 3. The lowest BCUT2D eigenvalue weighted by Gasteiger charge is -2.11. The summed E-state index contributed by atoms with van der Waals surface area (Å²) in [4.78, 5) is 10.8. The van der Waals surface area contributed by atoms with Crippen LogP contribution in [-0.2, 0) is 11.4 Å². The molecule has 1 aromatic heterocycles. The molecule has 128 valence electrons. The van der Waals surface area contributed by atoms with Crippen LogP contribution < -0.4 is 9.84 Å². The van der Waals surface area contributed by atoms with Gasteiger partial charge in [-0.15, -0.1) is 10.2 Å². The number of para-hydroxylation sites is 1. The van der Waals surface area contributed by atoms with E-state index in [1.54, 1.807) is 4.57 Å². The van der Waals surface area contributed by atoms with Crippen molar-refractivity contribution in [3.63, 3.8) is 0 Å². The van der Waals surface area contributed by atoms with E-state index < -0.39 is 5.97 Å². The number of rotatable bonds is 7. The van der Waals surface area contributed by atoms with Gasteiger partial charge < -0.3 is 14.6 Å². The van der Waals surface area contributed by atoms with Crippen molar-refractivity contribution in [2.75, 3.05) is 5.75 Å². The number of carbonyl (C=O) groups excluding carboxylic acids is 1. The number of nitrogens with zero attached hydrogens (tertiary/aromatic N) is 3. The fraction of sp³-hybridized carbons (Fsp3) is 0.167. The monoisotopic (exact) mass is 354 g/mol. The van der Waals surface area contributed by atoms with Gasteiger partial charge in [-0.2, -0.15) is 0 Å². The number of benzene rings is 2. The summed E-state index contributed by atoms with van der Waals surface area (Å²) >= 11 is 1.07. The third kappa shape index (κ3) is 4.39. The Morgan fingerprint density at radius 3 is 2.52 bits per heavy atom. The molecule has 7 heteroatoms. The van der Waals surface area contributed by atoms with E-state index in [-0.39, 0.29) is 12.4 Å². The number of carboxylic acids is 1. The number of thioether (sulfide) groups is 1. The van der Waals surface area contributed by atoms with E-state index in [4.69, 9.17) is 4.74 Å². The Morgan fingerprint density at radius 1 is 1.12 bits per heavy atom. The highest BCUT2D eigenvalue weighted by Gasteiger charge is 2.15. The molecular weight excluding hydrogens is 338 g/mol. The average Bonchev–Trinajstić information content (AvgIpc) is 3.03. The Morgan fingerprint density at radius 2 is 1.84 bits per heavy atom. The largest absolute Gasteiger partial charge is 0.549 e. The lowest BCUT2D eigenvalue weighted by atomic mass is 10.2. The van der Waals surface area contributed by atoms with Crippen LogP contribution in [0.25, 0.3) is 5.69 Å². The summed E-state index contributed by atoms with van der Waals surface area (Å²) in [7, 11) is 0. The number of ether oxygens (including phenoxy) is 1. The van der Waals surface area contributed by atoms with Crippen molar-refractivity contribution >= 4 is 17.7 Å². The topological polar surface area (TPSA) is 80.1 Å². The van der Waals surface area contributed by atoms with Gasteiger partial charge in [-0.3, -0.25) is 4.57 Å². The average molecular weight is 354 g/mol. The van der Waals surface area contributed by atoms with E-state index in [0.717, 1.165) is 28.8 Å². The zero-order valence-electron chi connectivity index (χ0n) is 13.6. The number of carboxylic acid groups (broad SMARTS) is 1. The minimum Gasteiger partial charge on any atom is -0.549 e. The molecule has 0 saturated heterocycles. The molecule has 0 unspecified atom stereocenters. The molecule has 2 aromatic carbocycles. The second-order valence-corrected chi connectivity index (χ2v) is 6.27. The van der Waals surface area contributed by atoms with E-state index in [2.05, 4.69) is 10.2 Å². The van der Waals surface area contributed by atoms with Crippen molar-refractivity contribution < 1.29 is 14.6 Å². The van der Waals surface area contributed by atoms with Gasteiger partial charge in [-0.25, -0.2) is 0 Å². The maximum Gasteiger partial charge on any atom is 0.196 e. The van der Waals surface area contributed by atoms with Gasteiger partial charge in [0, 0.05) is 11.4 Å². The zero-order valence-corrected chi connectivity index (χ0v) is 14.4. The van der Waals surface area contributed by atoms with E-state index >= 15 is 0 Å². The predicted molar refractivity (Wildman–Crippen MR) is 92.6 cm³/mol. The normalized spacial score (nSPS) is 10.6. The first-order valence-corrected chi connectivity index (χ1v) is 8.64. The Balaban J connectivity index is 1.85. The van der Waals surface area contributed by atoms with Crippen LogP contribution in [-0.4, -0.2) is 26.5 Å². The quantitative estimate of drug-likeness (QED) is 0.604. The van der Waals surface area contributed by atoms with E-state index in [0.29, 0.717) is 11.0 Å². The van der Waals surface area contributed by atoms with Gasteiger partial charge in [0.2, 0.25) is 0 Å². The minimum absolute atomic E-state index is 0.191. The maximum atomic E-state index is 10.8. The maximum absolute atomic E-state index is 10.8. The standard InChI is InChI=1S/C18H17N3O3S/c1-13-7-9-15(10-8-13)24-11-16-19-20-18(25-12-17(22)23)21(16)14-5-3-2-4-6-14/h2-10H,11-12H2,1H3,(H,22,23)/p-1. The lowest BCUT2D eigenvalue weighted by molar-refractivity contribution is -0.301. The Labute approximate surface area is 149 Å². The minimum atomic E-state index is -1.15. The number of hydrogen-bond donors (Lipinski definition) is 0. The molecule has 3 aromatic rings. The van der Waals surface area contributed by atoms with Crippen molar-refractivity contribution in [1.29, 1.82) is 0 Å². The molecule has 0 saturated carbocycles. The smallest absolute Gasteiger partial charge is 0.196 e. The Hall–Kier alpha value is -2.80. The van der Waals surface area contributed by atoms with E-state index in [1.165, 1.54) is 0 Å². The number of aryl methyl sites for hydroxylation is 1. The zero-order chi connectivity index (χ0) is 17.6. The molecule has 6 nitrogen and oxygen atoms in total. The van der Waals surface area contributed by atoms with Crippen LogP contribution in [0.4, 0.5) is 0 Å². The Kier molecular flexibility index (Phi) is 5.35. The molecule has 0 N–H and O–H groups in total. The molecule has 0 spiro atoms. The number of carbonyl (C=O) groups is 1. The third-order valence-electron chi connectivity index (χ3n) is 3.42. The first-order chi connectivity index (χ1) is 12.1. The van der Waals surface area contributed by atoms with Crippen molar-refractivity contribution in [3.05, 3.63) is 66.0 Å². The molecule has 0 aliphatic heterocycles. The highest BCUT2D eigenvalue weighted by molar-refractivity contribution is 7.99. The predicted octanol–water partition coefficient (Wildman–Crippen LogP) is 2.00. The summed E-state index contributed by atoms with van der Waals surface area (Å²) in [6, 6.07) is 17.2. The third-order valence-corrected chi connectivity index (χ3v) is 4.33. The summed E-state index contributed by atoms with van der Waals surface area (Å²) in [5, 5.41) is 19.5. The highest BCUT2D eigenvalue weighted by Crippen LogP contribution is 2.23. The molecule has 0 bridgehead atoms. The molecule has 25 heavy (non-hydrogen) atoms. The van der Waals surface area contributed by atoms with Crippen LogP contribution in [0.1, 0.15) is 11.4 Å². The van der Waals surface area contributed by atoms with Crippen LogP contribution in [0, 0.1) is 6.92 Å². The molecule has 3 rings (SSSR count). The lowest BCUT2D eigenvalue weighted by Crippen LogP contribution is -2.24. The fourth-order valence-electron chi connectivity index (χ4n) is 2.23. The molecule has 0 aliphatic carbocycles. The van der Waals surface area contributed by atoms with Gasteiger partial charge in [-0.05, 0) is 31.2 Å². The second kappa shape index (κ2) is 7.85. The van der Waals surface area contributed by atoms with Gasteiger partial charge >= 0.3 is 0 Å². The van der Waals surface area contributed by atoms with E-state index in [9.17, 15) is 9.90 Å². The number of hydrogen-bond acceptors (Lipinski definition) is 6. The SMILES string of the molecule is Cc1ccc(OCc2nnc(SCC(=O)[O-])n2-c2ccccc2)cc1. The van der Waals surface area contributed by atoms with Crippen molar-refractivity contribution in [1.82, 2.24) is 14.8 Å². The Bertz CT molecular complexity index is 848. The molecule has 1 heterocycles. The highest BCUT2D eigenvalue weighted by atomic mass is 32.2. The fourth-order valence-corrected chi connectivity index (χ4v) is 2.91. The number of aliphatic carboxylic acids is 1. The first-order valence-electron chi connectivity index (χ1n) is 7.65. The van der Waals surface area contributed by atoms with Gasteiger partial charge in [-0.1, -0.05) is 47.7 Å². The molecule has 0 radical (unpaired) electrons. The molecule has 0 aliphatic rings. The summed E-state index contributed by atoms with van der Waals surface area (Å²) in [5.41, 5.74) is 2.00. The summed E-state index contributed by atoms with van der Waals surface area (Å²) in [5.74, 6) is -0.0149. The summed E-state index contributed by atoms with van der Waals surface area (Å²) in [6.07, 6.45) is 0. The molecule has 0 fully saturated rings. The second-order valence-electron chi connectivity index (χ2n) is 5.33. The van der Waals surface area contributed by atoms with Gasteiger partial charge in [0.05, 0.1) is 5.97 Å². The van der Waals surface area contributed by atoms with Crippen molar-refractivity contribution in [2.45, 2.75) is 18.7 Å². The van der Waals surface area contributed by atoms with Gasteiger partial charge in [0.25, 0.3) is 0 Å². The van der Waals surface area contributed by atoms with Crippen LogP contribution in [0.2, 0.25) is 0 Å². The summed E-state index contributed by atoms with van der Waals surface area (Å²) in [6.45, 7) is 2.23. The van der Waals surface area contributed by atoms with Gasteiger partial charge in [0.1, 0.15) is 12.4 Å². The van der Waals surface area contributed by atoms with Gasteiger partial charge in [0.15, 0.2) is 11.0 Å². The summed E-state index contributed by atoms with van der Waals surface area (Å²) < 4.78 is 7.58. The first kappa shape index (κ1) is 17.0. The molecular formula is C18H16N3O3S-. The molecule has 0 amide bonds. The van der Waals surface area contributed by atoms with Crippen molar-refractivity contribution in [2.24, 2.45) is 0 Å².